The molecule has 0 aromatic rings. The predicted molar refractivity (Wildman–Crippen MR) is 96.1 cm³/mol. The predicted octanol–water partition coefficient (Wildman–Crippen LogP) is 1.55. The summed E-state index contributed by atoms with van der Waals surface area (Å²) < 4.78 is 5.43. The van der Waals surface area contributed by atoms with Crippen LogP contribution >= 0.6 is 0 Å². The summed E-state index contributed by atoms with van der Waals surface area (Å²) in [5, 5.41) is 13.5. The molecule has 0 radical (unpaired) electrons. The highest BCUT2D eigenvalue weighted by Crippen LogP contribution is 2.28. The molecule has 0 aromatic heterocycles. The molecule has 0 unspecified atom stereocenters. The number of nitrogens with zero attached hydrogens (tertiary/aromatic N) is 3. The molecule has 3 saturated heterocycles. The lowest BCUT2D eigenvalue weighted by atomic mass is 9.99. The van der Waals surface area contributed by atoms with Crippen LogP contribution < -0.4 is 5.32 Å². The monoisotopic (exact) mass is 382 g/mol. The lowest BCUT2D eigenvalue weighted by Gasteiger charge is -2.30. The number of amides is 4. The van der Waals surface area contributed by atoms with Gasteiger partial charge in [0, 0.05) is 25.7 Å². The lowest BCUT2D eigenvalue weighted by Crippen LogP contribution is -2.52. The summed E-state index contributed by atoms with van der Waals surface area (Å²) in [5.41, 5.74) is -0.529. The number of nitrogens with one attached hydrogen (secondary N) is 1. The fourth-order valence-corrected chi connectivity index (χ4v) is 3.97. The van der Waals surface area contributed by atoms with Gasteiger partial charge in [-0.25, -0.2) is 14.7 Å². The van der Waals surface area contributed by atoms with Crippen LogP contribution in [0.1, 0.15) is 52.9 Å². The zero-order chi connectivity index (χ0) is 19.8. The molecule has 2 N–H and O–H groups in total. The van der Waals surface area contributed by atoms with Crippen LogP contribution in [0.4, 0.5) is 9.59 Å². The zero-order valence-electron chi connectivity index (χ0n) is 16.3. The highest BCUT2D eigenvalue weighted by atomic mass is 16.6. The van der Waals surface area contributed by atoms with E-state index in [-0.39, 0.29) is 24.1 Å². The first-order valence-electron chi connectivity index (χ1n) is 9.73. The molecule has 0 spiro atoms. The van der Waals surface area contributed by atoms with E-state index >= 15 is 0 Å². The largest absolute Gasteiger partial charge is 0.444 e. The van der Waals surface area contributed by atoms with Crippen LogP contribution in [0.5, 0.6) is 0 Å². The van der Waals surface area contributed by atoms with Gasteiger partial charge in [-0.15, -0.1) is 0 Å². The maximum Gasteiger partial charge on any atom is 0.410 e. The first kappa shape index (κ1) is 19.7. The summed E-state index contributed by atoms with van der Waals surface area (Å²) in [6.07, 6.45) is 3.06. The third kappa shape index (κ3) is 4.45. The van der Waals surface area contributed by atoms with Crippen LogP contribution in [0, 0.1) is 0 Å². The van der Waals surface area contributed by atoms with Crippen molar-refractivity contribution >= 4 is 18.0 Å². The Morgan fingerprint density at radius 2 is 1.89 bits per heavy atom. The Labute approximate surface area is 159 Å². The Morgan fingerprint density at radius 1 is 1.15 bits per heavy atom. The molecule has 3 aliphatic heterocycles. The van der Waals surface area contributed by atoms with E-state index in [4.69, 9.17) is 4.74 Å². The molecule has 27 heavy (non-hydrogen) atoms. The number of carbonyl (C=O) groups is 3. The van der Waals surface area contributed by atoms with Gasteiger partial charge in [0.2, 0.25) is 5.91 Å². The second-order valence-electron chi connectivity index (χ2n) is 8.63. The van der Waals surface area contributed by atoms with Crippen molar-refractivity contribution in [3.63, 3.8) is 0 Å². The molecule has 9 nitrogen and oxygen atoms in total. The summed E-state index contributed by atoms with van der Waals surface area (Å²) >= 11 is 0. The molecule has 9 heteroatoms. The molecular weight excluding hydrogens is 352 g/mol. The molecule has 3 rings (SSSR count). The van der Waals surface area contributed by atoms with Gasteiger partial charge in [0.15, 0.2) is 0 Å². The minimum Gasteiger partial charge on any atom is -0.444 e. The highest BCUT2D eigenvalue weighted by molar-refractivity contribution is 5.88. The number of hydrogen-bond acceptors (Lipinski definition) is 5. The fourth-order valence-electron chi connectivity index (χ4n) is 3.97. The van der Waals surface area contributed by atoms with Crippen molar-refractivity contribution in [2.45, 2.75) is 76.6 Å². The number of fused-ring (bicyclic) bond motifs is 2. The maximum absolute atomic E-state index is 12.7. The van der Waals surface area contributed by atoms with Crippen molar-refractivity contribution in [1.82, 2.24) is 20.2 Å². The van der Waals surface area contributed by atoms with Gasteiger partial charge in [-0.05, 0) is 52.9 Å². The third-order valence-electron chi connectivity index (χ3n) is 5.37. The minimum absolute atomic E-state index is 0.0365. The average molecular weight is 382 g/mol. The number of rotatable bonds is 2. The minimum atomic E-state index is -0.531. The summed E-state index contributed by atoms with van der Waals surface area (Å²) in [6, 6.07) is -1.27. The molecule has 152 valence electrons. The number of urea groups is 1. The molecule has 3 aliphatic rings. The molecule has 0 aromatic carbocycles. The normalized spacial score (nSPS) is 28.8. The van der Waals surface area contributed by atoms with Gasteiger partial charge >= 0.3 is 12.1 Å². The molecule has 3 fully saturated rings. The van der Waals surface area contributed by atoms with E-state index in [1.807, 2.05) is 20.8 Å². The average Bonchev–Trinajstić information content (AvgIpc) is 2.76. The van der Waals surface area contributed by atoms with Crippen LogP contribution in [-0.4, -0.2) is 81.5 Å². The third-order valence-corrected chi connectivity index (χ3v) is 5.37. The number of likely N-dealkylation sites (tertiary alicyclic amines) is 1. The SMILES string of the molecule is CC(C)(C)OC(=O)N1CCC[C@@H](NC(=O)[C@@H]2CC[C@@H]3CN2C(=O)N3O)CC1. The molecule has 3 atom stereocenters. The van der Waals surface area contributed by atoms with E-state index in [1.54, 1.807) is 4.90 Å². The van der Waals surface area contributed by atoms with Gasteiger partial charge in [-0.1, -0.05) is 0 Å². The molecular formula is C18H30N4O5. The zero-order valence-corrected chi connectivity index (χ0v) is 16.3. The fraction of sp³-hybridized carbons (Fsp3) is 0.833. The van der Waals surface area contributed by atoms with E-state index in [9.17, 15) is 19.6 Å². The number of piperidine rings is 1. The summed E-state index contributed by atoms with van der Waals surface area (Å²) in [6.45, 7) is 7.05. The summed E-state index contributed by atoms with van der Waals surface area (Å²) in [4.78, 5) is 40.1. The van der Waals surface area contributed by atoms with Crippen molar-refractivity contribution in [2.75, 3.05) is 19.6 Å². The van der Waals surface area contributed by atoms with Crippen LogP contribution in [-0.2, 0) is 9.53 Å². The first-order chi connectivity index (χ1) is 12.7. The van der Waals surface area contributed by atoms with E-state index < -0.39 is 17.7 Å². The topological polar surface area (TPSA) is 102 Å². The Morgan fingerprint density at radius 3 is 2.59 bits per heavy atom. The van der Waals surface area contributed by atoms with Crippen molar-refractivity contribution in [1.29, 1.82) is 0 Å². The lowest BCUT2D eigenvalue weighted by molar-refractivity contribution is -0.126. The quantitative estimate of drug-likeness (QED) is 0.706. The molecule has 2 bridgehead atoms. The Hall–Kier alpha value is -2.03. The van der Waals surface area contributed by atoms with Gasteiger partial charge in [0.25, 0.3) is 0 Å². The van der Waals surface area contributed by atoms with Crippen molar-refractivity contribution in [2.24, 2.45) is 0 Å². The Kier molecular flexibility index (Phi) is 5.50. The van der Waals surface area contributed by atoms with Crippen molar-refractivity contribution < 1.29 is 24.3 Å². The van der Waals surface area contributed by atoms with E-state index in [0.29, 0.717) is 38.9 Å². The second-order valence-corrected chi connectivity index (χ2v) is 8.63. The number of hydrogen-bond donors (Lipinski definition) is 2. The highest BCUT2D eigenvalue weighted by Gasteiger charge is 2.47. The Bertz CT molecular complexity index is 605. The van der Waals surface area contributed by atoms with Crippen LogP contribution in [0.25, 0.3) is 0 Å². The number of ether oxygens (including phenoxy) is 1. The standard InChI is InChI=1S/C18H30N4O5/c1-18(2,3)27-17(25)20-9-4-5-12(8-10-20)19-15(23)14-7-6-13-11-21(14)16(24)22(13)26/h12-14,26H,4-11H2,1-3H3,(H,19,23)/t12-,13-,14+/m1/s1. The smallest absolute Gasteiger partial charge is 0.410 e. The number of carbonyl (C=O) groups excluding carboxylic acids is 3. The van der Waals surface area contributed by atoms with Crippen molar-refractivity contribution in [3.8, 4) is 0 Å². The second kappa shape index (κ2) is 7.53. The maximum atomic E-state index is 12.7. The van der Waals surface area contributed by atoms with Crippen molar-refractivity contribution in [3.05, 3.63) is 0 Å². The molecule has 0 aliphatic carbocycles. The van der Waals surface area contributed by atoms with Gasteiger partial charge in [0.1, 0.15) is 11.6 Å². The van der Waals surface area contributed by atoms with E-state index in [0.717, 1.165) is 17.9 Å². The van der Waals surface area contributed by atoms with Gasteiger partial charge < -0.3 is 19.9 Å². The van der Waals surface area contributed by atoms with E-state index in [2.05, 4.69) is 5.32 Å². The Balaban J connectivity index is 1.52. The molecule has 4 amide bonds. The van der Waals surface area contributed by atoms with Gasteiger partial charge in [-0.2, -0.15) is 0 Å². The molecule has 3 heterocycles. The summed E-state index contributed by atoms with van der Waals surface area (Å²) in [7, 11) is 0. The van der Waals surface area contributed by atoms with Crippen LogP contribution in [0.3, 0.4) is 0 Å². The first-order valence-corrected chi connectivity index (χ1v) is 9.73. The van der Waals surface area contributed by atoms with Crippen LogP contribution in [0.2, 0.25) is 0 Å². The van der Waals surface area contributed by atoms with E-state index in [1.165, 1.54) is 4.90 Å². The molecule has 0 saturated carbocycles. The number of hydroxylamine groups is 2. The summed E-state index contributed by atoms with van der Waals surface area (Å²) in [5.74, 6) is -0.173. The van der Waals surface area contributed by atoms with Crippen LogP contribution in [0.15, 0.2) is 0 Å². The van der Waals surface area contributed by atoms with Gasteiger partial charge in [0.05, 0.1) is 6.04 Å². The van der Waals surface area contributed by atoms with Gasteiger partial charge in [-0.3, -0.25) is 10.0 Å².